The molecular weight excluding hydrogens is 757 g/mol. The number of hydrogen-bond donors (Lipinski definition) is 0. The number of esters is 3. The van der Waals surface area contributed by atoms with Crippen LogP contribution in [0.15, 0.2) is 60.8 Å². The van der Waals surface area contributed by atoms with Crippen molar-refractivity contribution in [3.8, 4) is 0 Å². The molecule has 61 heavy (non-hydrogen) atoms. The highest BCUT2D eigenvalue weighted by Crippen LogP contribution is 2.15. The Hall–Kier alpha value is -2.89. The van der Waals surface area contributed by atoms with Crippen LogP contribution in [0, 0.1) is 0 Å². The molecule has 0 unspecified atom stereocenters. The van der Waals surface area contributed by atoms with Gasteiger partial charge in [0.05, 0.1) is 0 Å². The number of carbonyl (C=O) groups excluding carboxylic acids is 3. The minimum atomic E-state index is -0.792. The number of unbranched alkanes of at least 4 members (excludes halogenated alkanes) is 25. The molecule has 0 fully saturated rings. The zero-order valence-corrected chi connectivity index (χ0v) is 40.2. The van der Waals surface area contributed by atoms with E-state index in [4.69, 9.17) is 14.2 Å². The summed E-state index contributed by atoms with van der Waals surface area (Å²) in [6.07, 6.45) is 60.6. The van der Waals surface area contributed by atoms with Crippen LogP contribution < -0.4 is 0 Å². The Morgan fingerprint density at radius 1 is 0.344 bits per heavy atom. The zero-order chi connectivity index (χ0) is 44.4. The van der Waals surface area contributed by atoms with Crippen LogP contribution in [0.25, 0.3) is 0 Å². The van der Waals surface area contributed by atoms with Gasteiger partial charge in [0.1, 0.15) is 13.2 Å². The van der Waals surface area contributed by atoms with E-state index >= 15 is 0 Å². The molecule has 0 aromatic carbocycles. The highest BCUT2D eigenvalue weighted by molar-refractivity contribution is 5.71. The molecule has 0 aromatic rings. The molecule has 0 aromatic heterocycles. The Morgan fingerprint density at radius 2 is 0.639 bits per heavy atom. The van der Waals surface area contributed by atoms with E-state index in [-0.39, 0.29) is 37.5 Å². The molecule has 0 spiro atoms. The predicted octanol–water partition coefficient (Wildman–Crippen LogP) is 16.9. The van der Waals surface area contributed by atoms with E-state index in [2.05, 4.69) is 81.5 Å². The van der Waals surface area contributed by atoms with E-state index in [1.807, 2.05) is 0 Å². The summed E-state index contributed by atoms with van der Waals surface area (Å²) in [6.45, 7) is 6.48. The molecule has 0 radical (unpaired) electrons. The summed E-state index contributed by atoms with van der Waals surface area (Å²) in [4.78, 5) is 37.9. The molecule has 352 valence electrons. The topological polar surface area (TPSA) is 78.9 Å². The zero-order valence-electron chi connectivity index (χ0n) is 40.2. The quantitative estimate of drug-likeness (QED) is 0.0263. The van der Waals surface area contributed by atoms with Gasteiger partial charge in [-0.15, -0.1) is 0 Å². The van der Waals surface area contributed by atoms with Crippen molar-refractivity contribution < 1.29 is 28.6 Å². The van der Waals surface area contributed by atoms with Crippen LogP contribution >= 0.6 is 0 Å². The van der Waals surface area contributed by atoms with E-state index in [0.717, 1.165) is 77.0 Å². The summed E-state index contributed by atoms with van der Waals surface area (Å²) >= 11 is 0. The number of hydrogen-bond acceptors (Lipinski definition) is 6. The Labute approximate surface area is 377 Å². The third kappa shape index (κ3) is 48.0. The van der Waals surface area contributed by atoms with Crippen molar-refractivity contribution in [3.05, 3.63) is 60.8 Å². The average Bonchev–Trinajstić information content (AvgIpc) is 3.26. The van der Waals surface area contributed by atoms with Crippen molar-refractivity contribution in [2.75, 3.05) is 13.2 Å². The summed E-state index contributed by atoms with van der Waals surface area (Å²) in [5, 5.41) is 0. The third-order valence-corrected chi connectivity index (χ3v) is 11.0. The standard InChI is InChI=1S/C55H96O6/c1-4-7-10-13-16-19-22-25-26-27-28-31-33-36-39-42-45-48-54(57)60-51-52(61-55(58)49-46-43-40-37-34-30-24-21-18-15-12-9-6-3)50-59-53(56)47-44-41-38-35-32-29-23-20-17-14-11-8-5-2/h7,10,16,19,25-26,28,31,36,39,52H,4-6,8-9,11-15,17-18,20-24,27,29-30,32-35,37-38,40-51H2,1-3H3/b10-7-,19-16-,26-25-,31-28-,39-36-/t52-/m0/s1. The fourth-order valence-electron chi connectivity index (χ4n) is 7.18. The van der Waals surface area contributed by atoms with E-state index in [1.165, 1.54) is 128 Å². The van der Waals surface area contributed by atoms with Crippen LogP contribution in [-0.2, 0) is 28.6 Å². The second kappa shape index (κ2) is 49.8. The monoisotopic (exact) mass is 853 g/mol. The largest absolute Gasteiger partial charge is 0.462 e. The van der Waals surface area contributed by atoms with Gasteiger partial charge in [0.15, 0.2) is 6.10 Å². The molecular formula is C55H96O6. The summed E-state index contributed by atoms with van der Waals surface area (Å²) < 4.78 is 16.7. The lowest BCUT2D eigenvalue weighted by Gasteiger charge is -2.18. The van der Waals surface area contributed by atoms with E-state index in [1.54, 1.807) is 0 Å². The van der Waals surface area contributed by atoms with Crippen molar-refractivity contribution in [1.29, 1.82) is 0 Å². The molecule has 0 amide bonds. The predicted molar refractivity (Wildman–Crippen MR) is 261 cm³/mol. The number of rotatable bonds is 46. The van der Waals surface area contributed by atoms with Gasteiger partial charge in [0.25, 0.3) is 0 Å². The summed E-state index contributed by atoms with van der Waals surface area (Å²) in [5.74, 6) is -0.942. The minimum Gasteiger partial charge on any atom is -0.462 e. The van der Waals surface area contributed by atoms with Crippen molar-refractivity contribution in [1.82, 2.24) is 0 Å². The van der Waals surface area contributed by atoms with Gasteiger partial charge >= 0.3 is 17.9 Å². The number of ether oxygens (including phenoxy) is 3. The van der Waals surface area contributed by atoms with Crippen molar-refractivity contribution in [2.45, 2.75) is 258 Å². The highest BCUT2D eigenvalue weighted by atomic mass is 16.6. The van der Waals surface area contributed by atoms with Crippen LogP contribution in [0.1, 0.15) is 252 Å². The number of allylic oxidation sites excluding steroid dienone is 10. The van der Waals surface area contributed by atoms with Crippen molar-refractivity contribution >= 4 is 17.9 Å². The molecule has 0 rings (SSSR count). The maximum Gasteiger partial charge on any atom is 0.306 e. The number of carbonyl (C=O) groups is 3. The van der Waals surface area contributed by atoms with Crippen LogP contribution in [0.3, 0.4) is 0 Å². The fourth-order valence-corrected chi connectivity index (χ4v) is 7.18. The fraction of sp³-hybridized carbons (Fsp3) is 0.764. The SMILES string of the molecule is CC/C=C\C/C=C\C/C=C\C/C=C\C/C=C\CCCC(=O)OC[C@H](COC(=O)CCCCCCCCCCCCCCC)OC(=O)CCCCCCCCCCCCCCC. The average molecular weight is 853 g/mol. The van der Waals surface area contributed by atoms with Gasteiger partial charge in [-0.1, -0.05) is 236 Å². The van der Waals surface area contributed by atoms with Crippen LogP contribution in [0.2, 0.25) is 0 Å². The van der Waals surface area contributed by atoms with Gasteiger partial charge in [-0.2, -0.15) is 0 Å². The maximum absolute atomic E-state index is 12.8. The first-order valence-corrected chi connectivity index (χ1v) is 25.8. The Morgan fingerprint density at radius 3 is 1.00 bits per heavy atom. The lowest BCUT2D eigenvalue weighted by Crippen LogP contribution is -2.30. The Kier molecular flexibility index (Phi) is 47.4. The van der Waals surface area contributed by atoms with Gasteiger partial charge in [-0.05, 0) is 57.8 Å². The highest BCUT2D eigenvalue weighted by Gasteiger charge is 2.19. The van der Waals surface area contributed by atoms with Gasteiger partial charge in [-0.25, -0.2) is 0 Å². The Balaban J connectivity index is 4.44. The molecule has 6 nitrogen and oxygen atoms in total. The second-order valence-electron chi connectivity index (χ2n) is 17.1. The van der Waals surface area contributed by atoms with Gasteiger partial charge in [0, 0.05) is 19.3 Å². The molecule has 0 saturated heterocycles. The second-order valence-corrected chi connectivity index (χ2v) is 17.1. The van der Waals surface area contributed by atoms with Crippen LogP contribution in [0.5, 0.6) is 0 Å². The van der Waals surface area contributed by atoms with Crippen molar-refractivity contribution in [3.63, 3.8) is 0 Å². The molecule has 0 bridgehead atoms. The molecule has 0 heterocycles. The molecule has 0 aliphatic heterocycles. The first-order chi connectivity index (χ1) is 30.0. The molecule has 0 aliphatic rings. The van der Waals surface area contributed by atoms with Gasteiger partial charge < -0.3 is 14.2 Å². The normalized spacial score (nSPS) is 12.5. The van der Waals surface area contributed by atoms with Crippen LogP contribution in [-0.4, -0.2) is 37.2 Å². The lowest BCUT2D eigenvalue weighted by atomic mass is 10.0. The smallest absolute Gasteiger partial charge is 0.306 e. The third-order valence-electron chi connectivity index (χ3n) is 11.0. The summed E-state index contributed by atoms with van der Waals surface area (Å²) in [5.41, 5.74) is 0. The molecule has 6 heteroatoms. The first-order valence-electron chi connectivity index (χ1n) is 25.8. The molecule has 1 atom stereocenters. The molecule has 0 N–H and O–H groups in total. The van der Waals surface area contributed by atoms with Crippen LogP contribution in [0.4, 0.5) is 0 Å². The van der Waals surface area contributed by atoms with E-state index in [0.29, 0.717) is 19.3 Å². The van der Waals surface area contributed by atoms with E-state index in [9.17, 15) is 14.4 Å². The minimum absolute atomic E-state index is 0.0884. The van der Waals surface area contributed by atoms with Crippen molar-refractivity contribution in [2.24, 2.45) is 0 Å². The van der Waals surface area contributed by atoms with E-state index < -0.39 is 6.10 Å². The lowest BCUT2D eigenvalue weighted by molar-refractivity contribution is -0.167. The van der Waals surface area contributed by atoms with Gasteiger partial charge in [0.2, 0.25) is 0 Å². The maximum atomic E-state index is 12.8. The molecule has 0 aliphatic carbocycles. The molecule has 0 saturated carbocycles. The van der Waals surface area contributed by atoms with Gasteiger partial charge in [-0.3, -0.25) is 14.4 Å². The summed E-state index contributed by atoms with van der Waals surface area (Å²) in [7, 11) is 0. The summed E-state index contributed by atoms with van der Waals surface area (Å²) in [6, 6.07) is 0. The first kappa shape index (κ1) is 58.1. The Bertz CT molecular complexity index is 1120.